The van der Waals surface area contributed by atoms with E-state index < -0.39 is 5.97 Å². The summed E-state index contributed by atoms with van der Waals surface area (Å²) in [6, 6.07) is 7.32. The minimum atomic E-state index is -0.499. The molecule has 3 aromatic rings. The van der Waals surface area contributed by atoms with Gasteiger partial charge in [-0.15, -0.1) is 0 Å². The molecular weight excluding hydrogens is 370 g/mol. The van der Waals surface area contributed by atoms with E-state index in [2.05, 4.69) is 10.3 Å². The van der Waals surface area contributed by atoms with E-state index in [4.69, 9.17) is 25.8 Å². The van der Waals surface area contributed by atoms with E-state index in [-0.39, 0.29) is 0 Å². The Labute approximate surface area is 160 Å². The number of esters is 1. The molecule has 27 heavy (non-hydrogen) atoms. The van der Waals surface area contributed by atoms with Gasteiger partial charge in [0.1, 0.15) is 24.3 Å². The number of halogens is 1. The molecule has 0 fully saturated rings. The largest absolute Gasteiger partial charge is 0.485 e. The number of nitrogens with one attached hydrogen (secondary N) is 1. The Balaban J connectivity index is 1.90. The predicted molar refractivity (Wildman–Crippen MR) is 103 cm³/mol. The van der Waals surface area contributed by atoms with Gasteiger partial charge in [0.15, 0.2) is 11.5 Å². The number of benzene rings is 2. The van der Waals surface area contributed by atoms with E-state index in [1.165, 1.54) is 7.11 Å². The molecule has 0 saturated heterocycles. The third-order valence-electron chi connectivity index (χ3n) is 4.51. The van der Waals surface area contributed by atoms with Crippen molar-refractivity contribution in [2.75, 3.05) is 25.6 Å². The lowest BCUT2D eigenvalue weighted by Gasteiger charge is -2.21. The molecule has 1 N–H and O–H groups in total. The van der Waals surface area contributed by atoms with Gasteiger partial charge in [-0.2, -0.15) is 0 Å². The highest BCUT2D eigenvalue weighted by Gasteiger charge is 2.27. The third-order valence-corrected chi connectivity index (χ3v) is 4.82. The number of aryl methyl sites for hydroxylation is 2. The number of anilines is 2. The maximum Gasteiger partial charge on any atom is 0.341 e. The van der Waals surface area contributed by atoms with Crippen LogP contribution in [0.25, 0.3) is 11.0 Å². The van der Waals surface area contributed by atoms with Gasteiger partial charge < -0.3 is 24.1 Å². The second kappa shape index (κ2) is 6.66. The molecule has 0 spiro atoms. The van der Waals surface area contributed by atoms with E-state index in [0.717, 1.165) is 16.8 Å². The quantitative estimate of drug-likeness (QED) is 0.688. The highest BCUT2D eigenvalue weighted by atomic mass is 35.5. The monoisotopic (exact) mass is 387 g/mol. The van der Waals surface area contributed by atoms with Gasteiger partial charge in [-0.1, -0.05) is 23.7 Å². The van der Waals surface area contributed by atoms with E-state index in [9.17, 15) is 4.79 Å². The standard InChI is InChI=1S/C19H18ClN3O4/c1-10-5-4-6-12(20)14(10)22-19-21-13-9-11(18(24)25-3)16-17(15(13)23(19)2)27-8-7-26-16/h4-6,9H,7-8H2,1-3H3,(H,21,22). The van der Waals surface area contributed by atoms with Crippen molar-refractivity contribution in [3.63, 3.8) is 0 Å². The number of ether oxygens (including phenoxy) is 3. The van der Waals surface area contributed by atoms with E-state index in [1.807, 2.05) is 36.7 Å². The minimum absolute atomic E-state index is 0.290. The summed E-state index contributed by atoms with van der Waals surface area (Å²) in [5.74, 6) is 0.933. The van der Waals surface area contributed by atoms with Gasteiger partial charge in [0.2, 0.25) is 5.95 Å². The summed E-state index contributed by atoms with van der Waals surface area (Å²) in [7, 11) is 3.19. The van der Waals surface area contributed by atoms with Crippen molar-refractivity contribution in [1.29, 1.82) is 0 Å². The molecule has 0 amide bonds. The number of imidazole rings is 1. The van der Waals surface area contributed by atoms with Gasteiger partial charge in [0.25, 0.3) is 0 Å². The molecule has 8 heteroatoms. The zero-order chi connectivity index (χ0) is 19.1. The van der Waals surface area contributed by atoms with E-state index in [0.29, 0.717) is 46.8 Å². The Morgan fingerprint density at radius 2 is 2.04 bits per heavy atom. The van der Waals surface area contributed by atoms with E-state index in [1.54, 1.807) is 6.07 Å². The molecule has 0 atom stereocenters. The van der Waals surface area contributed by atoms with Crippen molar-refractivity contribution in [2.45, 2.75) is 6.92 Å². The number of fused-ring (bicyclic) bond motifs is 3. The molecule has 0 unspecified atom stereocenters. The van der Waals surface area contributed by atoms with Crippen LogP contribution in [0, 0.1) is 6.92 Å². The lowest BCUT2D eigenvalue weighted by atomic mass is 10.1. The number of carbonyl (C=O) groups excluding carboxylic acids is 1. The third kappa shape index (κ3) is 2.84. The summed E-state index contributed by atoms with van der Waals surface area (Å²) in [4.78, 5) is 16.8. The van der Waals surface area contributed by atoms with Gasteiger partial charge in [0.05, 0.1) is 23.3 Å². The fraction of sp³-hybridized carbons (Fsp3) is 0.263. The zero-order valence-corrected chi connectivity index (χ0v) is 15.9. The minimum Gasteiger partial charge on any atom is -0.485 e. The Hall–Kier alpha value is -2.93. The molecule has 0 bridgehead atoms. The van der Waals surface area contributed by atoms with Crippen molar-refractivity contribution >= 4 is 40.2 Å². The fourth-order valence-corrected chi connectivity index (χ4v) is 3.43. The molecule has 0 saturated carbocycles. The normalized spacial score (nSPS) is 12.9. The van der Waals surface area contributed by atoms with Gasteiger partial charge >= 0.3 is 5.97 Å². The first-order chi connectivity index (χ1) is 13.0. The Bertz CT molecular complexity index is 1040. The molecule has 7 nitrogen and oxygen atoms in total. The first kappa shape index (κ1) is 17.5. The molecule has 1 aliphatic rings. The van der Waals surface area contributed by atoms with Crippen LogP contribution in [0.1, 0.15) is 15.9 Å². The lowest BCUT2D eigenvalue weighted by molar-refractivity contribution is 0.0591. The van der Waals surface area contributed by atoms with Crippen molar-refractivity contribution in [1.82, 2.24) is 9.55 Å². The number of hydrogen-bond acceptors (Lipinski definition) is 6. The van der Waals surface area contributed by atoms with Crippen molar-refractivity contribution in [2.24, 2.45) is 7.05 Å². The van der Waals surface area contributed by atoms with E-state index >= 15 is 0 Å². The van der Waals surface area contributed by atoms with Gasteiger partial charge in [-0.05, 0) is 24.6 Å². The summed E-state index contributed by atoms with van der Waals surface area (Å²) in [6.45, 7) is 2.72. The Kier molecular flexibility index (Phi) is 4.31. The van der Waals surface area contributed by atoms with Crippen LogP contribution in [-0.2, 0) is 11.8 Å². The molecule has 0 aliphatic carbocycles. The van der Waals surface area contributed by atoms with Crippen LogP contribution >= 0.6 is 11.6 Å². The smallest absolute Gasteiger partial charge is 0.341 e. The van der Waals surface area contributed by atoms with Gasteiger partial charge in [-0.3, -0.25) is 0 Å². The summed E-state index contributed by atoms with van der Waals surface area (Å²) < 4.78 is 18.2. The number of nitrogens with zero attached hydrogens (tertiary/aromatic N) is 2. The molecule has 1 aromatic heterocycles. The van der Waals surface area contributed by atoms with Crippen LogP contribution in [0.5, 0.6) is 11.5 Å². The molecular formula is C19H18ClN3O4. The number of rotatable bonds is 3. The van der Waals surface area contributed by atoms with Crippen LogP contribution < -0.4 is 14.8 Å². The summed E-state index contributed by atoms with van der Waals surface area (Å²) in [6.07, 6.45) is 0. The summed E-state index contributed by atoms with van der Waals surface area (Å²) in [5, 5.41) is 3.87. The molecule has 4 rings (SSSR count). The van der Waals surface area contributed by atoms with Crippen LogP contribution in [0.15, 0.2) is 24.3 Å². The number of aromatic nitrogens is 2. The average Bonchev–Trinajstić information content (AvgIpc) is 2.99. The Morgan fingerprint density at radius 1 is 1.30 bits per heavy atom. The van der Waals surface area contributed by atoms with Crippen LogP contribution in [0.2, 0.25) is 5.02 Å². The zero-order valence-electron chi connectivity index (χ0n) is 15.1. The molecule has 2 aromatic carbocycles. The first-order valence-electron chi connectivity index (χ1n) is 8.40. The van der Waals surface area contributed by atoms with Gasteiger partial charge in [0, 0.05) is 7.05 Å². The predicted octanol–water partition coefficient (Wildman–Crippen LogP) is 3.84. The number of hydrogen-bond donors (Lipinski definition) is 1. The first-order valence-corrected chi connectivity index (χ1v) is 8.78. The maximum absolute atomic E-state index is 12.2. The number of methoxy groups -OCH3 is 1. The Morgan fingerprint density at radius 3 is 2.74 bits per heavy atom. The average molecular weight is 388 g/mol. The molecule has 0 radical (unpaired) electrons. The molecule has 2 heterocycles. The lowest BCUT2D eigenvalue weighted by Crippen LogP contribution is -2.19. The van der Waals surface area contributed by atoms with Crippen molar-refractivity contribution < 1.29 is 19.0 Å². The molecule has 1 aliphatic heterocycles. The SMILES string of the molecule is COC(=O)c1cc2nc(Nc3c(C)cccc3Cl)n(C)c2c2c1OCCO2. The van der Waals surface area contributed by atoms with Crippen LogP contribution in [0.3, 0.4) is 0 Å². The highest BCUT2D eigenvalue weighted by molar-refractivity contribution is 6.33. The molecule has 140 valence electrons. The topological polar surface area (TPSA) is 74.6 Å². The van der Waals surface area contributed by atoms with Crippen LogP contribution in [-0.4, -0.2) is 35.8 Å². The second-order valence-corrected chi connectivity index (χ2v) is 6.60. The van der Waals surface area contributed by atoms with Gasteiger partial charge in [-0.25, -0.2) is 9.78 Å². The summed E-state index contributed by atoms with van der Waals surface area (Å²) >= 11 is 6.33. The van der Waals surface area contributed by atoms with Crippen molar-refractivity contribution in [3.8, 4) is 11.5 Å². The highest BCUT2D eigenvalue weighted by Crippen LogP contribution is 2.42. The number of carbonyl (C=O) groups is 1. The van der Waals surface area contributed by atoms with Crippen molar-refractivity contribution in [3.05, 3.63) is 40.4 Å². The fourth-order valence-electron chi connectivity index (χ4n) is 3.16. The maximum atomic E-state index is 12.2. The summed E-state index contributed by atoms with van der Waals surface area (Å²) in [5.41, 5.74) is 3.38. The number of para-hydroxylation sites is 1. The second-order valence-electron chi connectivity index (χ2n) is 6.19. The van der Waals surface area contributed by atoms with Crippen LogP contribution in [0.4, 0.5) is 11.6 Å².